The third-order valence-electron chi connectivity index (χ3n) is 3.14. The second-order valence-corrected chi connectivity index (χ2v) is 5.78. The molecule has 0 aliphatic heterocycles. The summed E-state index contributed by atoms with van der Waals surface area (Å²) in [4.78, 5) is 26.3. The fourth-order valence-corrected chi connectivity index (χ4v) is 2.62. The third-order valence-corrected chi connectivity index (χ3v) is 3.81. The lowest BCUT2D eigenvalue weighted by Crippen LogP contribution is -2.11. The molecule has 1 heterocycles. The highest BCUT2D eigenvalue weighted by Gasteiger charge is 2.25. The van der Waals surface area contributed by atoms with Gasteiger partial charge in [0.25, 0.3) is 0 Å². The van der Waals surface area contributed by atoms with Gasteiger partial charge in [0, 0.05) is 6.92 Å². The van der Waals surface area contributed by atoms with E-state index in [0.717, 1.165) is 19.1 Å². The molecule has 0 radical (unpaired) electrons. The molecule has 0 aliphatic rings. The topological polar surface area (TPSA) is 88.5 Å². The number of nitrogens with zero attached hydrogens (tertiary/aromatic N) is 1. The summed E-state index contributed by atoms with van der Waals surface area (Å²) in [5.74, 6) is -4.75. The first kappa shape index (κ1) is 19.9. The number of aromatic nitrogens is 1. The fourth-order valence-electron chi connectivity index (χ4n) is 2.16. The molecule has 138 valence electrons. The second kappa shape index (κ2) is 7.84. The number of ether oxygens (including phenoxy) is 1. The number of aromatic carboxylic acids is 1. The molecule has 26 heavy (non-hydrogen) atoms. The quantitative estimate of drug-likeness (QED) is 0.771. The SMILES string of the molecule is CCOc1c(Cl)cc(F)c(-c2cc(NC(C)=O)c(Cl)c(C(=O)O)n2)c1F. The number of carboxylic acid groups (broad SMARTS) is 1. The summed E-state index contributed by atoms with van der Waals surface area (Å²) in [6.45, 7) is 2.80. The summed E-state index contributed by atoms with van der Waals surface area (Å²) in [5.41, 5.74) is -1.90. The van der Waals surface area contributed by atoms with Crippen LogP contribution in [0.1, 0.15) is 24.3 Å². The van der Waals surface area contributed by atoms with Gasteiger partial charge in [-0.1, -0.05) is 23.2 Å². The van der Waals surface area contributed by atoms with Gasteiger partial charge in [0.05, 0.1) is 33.6 Å². The Bertz CT molecular complexity index is 907. The van der Waals surface area contributed by atoms with E-state index < -0.39 is 46.2 Å². The molecule has 2 aromatic rings. The Labute approximate surface area is 156 Å². The Balaban J connectivity index is 2.79. The molecule has 1 aromatic carbocycles. The van der Waals surface area contributed by atoms with Gasteiger partial charge in [-0.2, -0.15) is 0 Å². The molecule has 1 amide bonds. The van der Waals surface area contributed by atoms with E-state index in [2.05, 4.69) is 10.3 Å². The van der Waals surface area contributed by atoms with E-state index in [-0.39, 0.29) is 22.3 Å². The highest BCUT2D eigenvalue weighted by molar-refractivity contribution is 6.36. The van der Waals surface area contributed by atoms with Crippen molar-refractivity contribution in [1.82, 2.24) is 4.98 Å². The summed E-state index contributed by atoms with van der Waals surface area (Å²) in [6, 6.07) is 1.88. The van der Waals surface area contributed by atoms with E-state index in [1.807, 2.05) is 0 Å². The predicted octanol–water partition coefficient (Wildman–Crippen LogP) is 4.39. The molecule has 0 fully saturated rings. The maximum absolute atomic E-state index is 14.7. The molecule has 2 N–H and O–H groups in total. The molecular weight excluding hydrogens is 393 g/mol. The van der Waals surface area contributed by atoms with Crippen molar-refractivity contribution < 1.29 is 28.2 Å². The summed E-state index contributed by atoms with van der Waals surface area (Å²) >= 11 is 11.7. The second-order valence-electron chi connectivity index (χ2n) is 5.00. The molecular formula is C16H12Cl2F2N2O4. The largest absolute Gasteiger partial charge is 0.489 e. The van der Waals surface area contributed by atoms with Gasteiger partial charge in [-0.25, -0.2) is 18.6 Å². The van der Waals surface area contributed by atoms with E-state index >= 15 is 0 Å². The molecule has 0 unspecified atom stereocenters. The molecule has 2 rings (SSSR count). The van der Waals surface area contributed by atoms with Crippen LogP contribution in [0.5, 0.6) is 5.75 Å². The molecule has 0 saturated heterocycles. The van der Waals surface area contributed by atoms with Gasteiger partial charge in [-0.3, -0.25) is 4.79 Å². The van der Waals surface area contributed by atoms with Crippen molar-refractivity contribution in [3.63, 3.8) is 0 Å². The molecule has 0 bridgehead atoms. The van der Waals surface area contributed by atoms with Crippen LogP contribution < -0.4 is 10.1 Å². The van der Waals surface area contributed by atoms with Crippen LogP contribution in [-0.2, 0) is 4.79 Å². The molecule has 0 aliphatic carbocycles. The van der Waals surface area contributed by atoms with Gasteiger partial charge < -0.3 is 15.2 Å². The van der Waals surface area contributed by atoms with Gasteiger partial charge in [-0.05, 0) is 19.1 Å². The highest BCUT2D eigenvalue weighted by atomic mass is 35.5. The standard InChI is InChI=1S/C16H12Cl2F2N2O4/c1-3-26-15-7(17)4-8(19)11(13(15)20)9-5-10(21-6(2)23)12(18)14(22-9)16(24)25/h4-5H,3H2,1-2H3,(H,24,25)(H,21,22,23). The van der Waals surface area contributed by atoms with Crippen molar-refractivity contribution in [3.8, 4) is 17.0 Å². The number of hydrogen-bond acceptors (Lipinski definition) is 4. The van der Waals surface area contributed by atoms with Crippen LogP contribution in [0.3, 0.4) is 0 Å². The van der Waals surface area contributed by atoms with Crippen LogP contribution in [0, 0.1) is 11.6 Å². The van der Waals surface area contributed by atoms with Gasteiger partial charge in [-0.15, -0.1) is 0 Å². The predicted molar refractivity (Wildman–Crippen MR) is 92.0 cm³/mol. The number of carbonyl (C=O) groups excluding carboxylic acids is 1. The van der Waals surface area contributed by atoms with E-state index in [1.54, 1.807) is 6.92 Å². The Hall–Kier alpha value is -2.45. The third kappa shape index (κ3) is 3.86. The van der Waals surface area contributed by atoms with Crippen molar-refractivity contribution in [2.45, 2.75) is 13.8 Å². The van der Waals surface area contributed by atoms with E-state index in [9.17, 15) is 23.5 Å². The van der Waals surface area contributed by atoms with Crippen molar-refractivity contribution in [2.24, 2.45) is 0 Å². The van der Waals surface area contributed by atoms with Crippen LogP contribution >= 0.6 is 23.2 Å². The normalized spacial score (nSPS) is 10.5. The van der Waals surface area contributed by atoms with Gasteiger partial charge in [0.2, 0.25) is 5.91 Å². The summed E-state index contributed by atoms with van der Waals surface area (Å²) in [5, 5.41) is 10.8. The zero-order valence-electron chi connectivity index (χ0n) is 13.5. The monoisotopic (exact) mass is 404 g/mol. The molecule has 1 aromatic heterocycles. The number of pyridine rings is 1. The Morgan fingerprint density at radius 3 is 2.50 bits per heavy atom. The van der Waals surface area contributed by atoms with Gasteiger partial charge in [0.15, 0.2) is 17.3 Å². The minimum atomic E-state index is -1.54. The van der Waals surface area contributed by atoms with E-state index in [0.29, 0.717) is 0 Å². The first-order valence-electron chi connectivity index (χ1n) is 7.19. The van der Waals surface area contributed by atoms with Crippen molar-refractivity contribution in [2.75, 3.05) is 11.9 Å². The van der Waals surface area contributed by atoms with Crippen LogP contribution in [0.15, 0.2) is 12.1 Å². The highest BCUT2D eigenvalue weighted by Crippen LogP contribution is 2.39. The lowest BCUT2D eigenvalue weighted by molar-refractivity contribution is -0.114. The zero-order chi connectivity index (χ0) is 19.6. The lowest BCUT2D eigenvalue weighted by Gasteiger charge is -2.14. The molecule has 0 atom stereocenters. The van der Waals surface area contributed by atoms with Gasteiger partial charge >= 0.3 is 5.97 Å². The van der Waals surface area contributed by atoms with Crippen molar-refractivity contribution in [3.05, 3.63) is 39.5 Å². The van der Waals surface area contributed by atoms with Crippen molar-refractivity contribution >= 4 is 40.8 Å². The number of rotatable bonds is 5. The molecule has 6 nitrogen and oxygen atoms in total. The number of benzene rings is 1. The molecule has 0 saturated carbocycles. The number of nitrogens with one attached hydrogen (secondary N) is 1. The van der Waals surface area contributed by atoms with Crippen LogP contribution in [-0.4, -0.2) is 28.6 Å². The zero-order valence-corrected chi connectivity index (χ0v) is 15.0. The minimum absolute atomic E-state index is 0.0628. The molecule has 0 spiro atoms. The van der Waals surface area contributed by atoms with E-state index in [4.69, 9.17) is 27.9 Å². The fraction of sp³-hybridized carbons (Fsp3) is 0.188. The summed E-state index contributed by atoms with van der Waals surface area (Å²) < 4.78 is 34.2. The Morgan fingerprint density at radius 2 is 1.96 bits per heavy atom. The Kier molecular flexibility index (Phi) is 5.99. The average Bonchev–Trinajstić information content (AvgIpc) is 2.53. The van der Waals surface area contributed by atoms with Crippen LogP contribution in [0.2, 0.25) is 10.0 Å². The number of hydrogen-bond donors (Lipinski definition) is 2. The molecule has 10 heteroatoms. The lowest BCUT2D eigenvalue weighted by atomic mass is 10.1. The number of amides is 1. The number of anilines is 1. The average molecular weight is 405 g/mol. The van der Waals surface area contributed by atoms with E-state index in [1.165, 1.54) is 0 Å². The maximum atomic E-state index is 14.7. The van der Waals surface area contributed by atoms with Crippen LogP contribution in [0.25, 0.3) is 11.3 Å². The first-order valence-corrected chi connectivity index (χ1v) is 7.95. The smallest absolute Gasteiger partial charge is 0.356 e. The van der Waals surface area contributed by atoms with Gasteiger partial charge in [0.1, 0.15) is 5.82 Å². The number of halogens is 4. The maximum Gasteiger partial charge on any atom is 0.356 e. The number of carboxylic acids is 1. The van der Waals surface area contributed by atoms with Crippen LogP contribution in [0.4, 0.5) is 14.5 Å². The van der Waals surface area contributed by atoms with Crippen molar-refractivity contribution in [1.29, 1.82) is 0 Å². The summed E-state index contributed by atoms with van der Waals surface area (Å²) in [6.07, 6.45) is 0. The Morgan fingerprint density at radius 1 is 1.31 bits per heavy atom. The number of carbonyl (C=O) groups is 2. The minimum Gasteiger partial charge on any atom is -0.489 e. The first-order chi connectivity index (χ1) is 12.2. The summed E-state index contributed by atoms with van der Waals surface area (Å²) in [7, 11) is 0.